The molecule has 0 aliphatic carbocycles. The van der Waals surface area contributed by atoms with Crippen LogP contribution in [0.1, 0.15) is 20.8 Å². The lowest BCUT2D eigenvalue weighted by atomic mass is 10.1. The van der Waals surface area contributed by atoms with Crippen molar-refractivity contribution in [3.05, 3.63) is 33.9 Å². The molecule has 0 saturated carbocycles. The van der Waals surface area contributed by atoms with Crippen LogP contribution in [0.2, 0.25) is 5.02 Å². The Labute approximate surface area is 161 Å². The van der Waals surface area contributed by atoms with E-state index in [0.717, 1.165) is 21.1 Å². The van der Waals surface area contributed by atoms with Crippen molar-refractivity contribution in [3.63, 3.8) is 0 Å². The van der Waals surface area contributed by atoms with Gasteiger partial charge < -0.3 is 14.5 Å². The van der Waals surface area contributed by atoms with E-state index in [1.807, 2.05) is 39.0 Å². The van der Waals surface area contributed by atoms with Gasteiger partial charge in [-0.25, -0.2) is 4.79 Å². The van der Waals surface area contributed by atoms with Gasteiger partial charge in [-0.15, -0.1) is 0 Å². The summed E-state index contributed by atoms with van der Waals surface area (Å²) < 4.78 is 6.44. The molecule has 0 atom stereocenters. The van der Waals surface area contributed by atoms with Crippen LogP contribution in [0.15, 0.2) is 28.9 Å². The molecule has 2 aromatic rings. The van der Waals surface area contributed by atoms with Crippen molar-refractivity contribution in [2.45, 2.75) is 26.4 Å². The molecule has 5 nitrogen and oxygen atoms in total. The van der Waals surface area contributed by atoms with Crippen LogP contribution in [-0.4, -0.2) is 47.8 Å². The van der Waals surface area contributed by atoms with Crippen LogP contribution in [0.4, 0.5) is 10.5 Å². The molecule has 25 heavy (non-hydrogen) atoms. The number of carbonyl (C=O) groups excluding carboxylic acids is 1. The van der Waals surface area contributed by atoms with E-state index in [0.29, 0.717) is 31.2 Å². The predicted molar refractivity (Wildman–Crippen MR) is 104 cm³/mol. The van der Waals surface area contributed by atoms with E-state index in [2.05, 4.69) is 25.8 Å². The zero-order chi connectivity index (χ0) is 18.2. The number of aromatic nitrogens is 1. The highest BCUT2D eigenvalue weighted by atomic mass is 79.9. The predicted octanol–water partition coefficient (Wildman–Crippen LogP) is 4.71. The van der Waals surface area contributed by atoms with Gasteiger partial charge in [0.1, 0.15) is 5.60 Å². The summed E-state index contributed by atoms with van der Waals surface area (Å²) >= 11 is 9.96. The van der Waals surface area contributed by atoms with E-state index in [1.165, 1.54) is 0 Å². The number of carbonyl (C=O) groups is 1. The minimum Gasteiger partial charge on any atom is -0.444 e. The highest BCUT2D eigenvalue weighted by Gasteiger charge is 2.27. The van der Waals surface area contributed by atoms with Crippen molar-refractivity contribution in [1.82, 2.24) is 9.88 Å². The monoisotopic (exact) mass is 425 g/mol. The molecule has 0 unspecified atom stereocenters. The second-order valence-electron chi connectivity index (χ2n) is 7.07. The molecule has 1 aliphatic heterocycles. The zero-order valence-corrected chi connectivity index (χ0v) is 16.9. The second kappa shape index (κ2) is 7.00. The highest BCUT2D eigenvalue weighted by molar-refractivity contribution is 9.10. The van der Waals surface area contributed by atoms with Crippen molar-refractivity contribution < 1.29 is 9.53 Å². The molecule has 1 aliphatic rings. The normalized spacial score (nSPS) is 15.6. The number of anilines is 1. The first-order valence-electron chi connectivity index (χ1n) is 8.21. The van der Waals surface area contributed by atoms with Gasteiger partial charge in [0.05, 0.1) is 16.2 Å². The molecule has 7 heteroatoms. The minimum absolute atomic E-state index is 0.263. The molecule has 1 aromatic heterocycles. The average molecular weight is 427 g/mol. The highest BCUT2D eigenvalue weighted by Crippen LogP contribution is 2.35. The maximum atomic E-state index is 12.2. The summed E-state index contributed by atoms with van der Waals surface area (Å²) in [5.74, 6) is 0. The molecule has 1 amide bonds. The first kappa shape index (κ1) is 18.3. The number of piperazine rings is 1. The summed E-state index contributed by atoms with van der Waals surface area (Å²) in [7, 11) is 0. The van der Waals surface area contributed by atoms with Gasteiger partial charge in [0.15, 0.2) is 0 Å². The Bertz CT molecular complexity index is 793. The SMILES string of the molecule is CC(C)(C)OC(=O)N1CCN(c2c(Cl)cnc3ccc(Br)cc23)CC1. The summed E-state index contributed by atoms with van der Waals surface area (Å²) in [5, 5.41) is 1.63. The molecule has 2 heterocycles. The van der Waals surface area contributed by atoms with E-state index in [9.17, 15) is 4.79 Å². The lowest BCUT2D eigenvalue weighted by Crippen LogP contribution is -2.50. The van der Waals surface area contributed by atoms with Crippen LogP contribution >= 0.6 is 27.5 Å². The topological polar surface area (TPSA) is 45.7 Å². The molecule has 0 spiro atoms. The number of ether oxygens (including phenoxy) is 1. The average Bonchev–Trinajstić information content (AvgIpc) is 2.53. The molecule has 1 saturated heterocycles. The summed E-state index contributed by atoms with van der Waals surface area (Å²) in [6.07, 6.45) is 1.42. The first-order chi connectivity index (χ1) is 11.7. The summed E-state index contributed by atoms with van der Waals surface area (Å²) in [4.78, 5) is 20.6. The van der Waals surface area contributed by atoms with Crippen LogP contribution in [0, 0.1) is 0 Å². The fraction of sp³-hybridized carbons (Fsp3) is 0.444. The number of benzene rings is 1. The lowest BCUT2D eigenvalue weighted by Gasteiger charge is -2.37. The van der Waals surface area contributed by atoms with Gasteiger partial charge >= 0.3 is 6.09 Å². The van der Waals surface area contributed by atoms with E-state index in [-0.39, 0.29) is 6.09 Å². The summed E-state index contributed by atoms with van der Waals surface area (Å²) in [6.45, 7) is 8.23. The molecule has 0 radical (unpaired) electrons. The van der Waals surface area contributed by atoms with Crippen molar-refractivity contribution in [2.24, 2.45) is 0 Å². The van der Waals surface area contributed by atoms with E-state index in [4.69, 9.17) is 16.3 Å². The van der Waals surface area contributed by atoms with E-state index >= 15 is 0 Å². The number of nitrogens with zero attached hydrogens (tertiary/aromatic N) is 3. The number of halogens is 2. The van der Waals surface area contributed by atoms with Gasteiger partial charge in [0.2, 0.25) is 0 Å². The first-order valence-corrected chi connectivity index (χ1v) is 9.38. The van der Waals surface area contributed by atoms with Crippen molar-refractivity contribution in [2.75, 3.05) is 31.1 Å². The van der Waals surface area contributed by atoms with E-state index in [1.54, 1.807) is 11.1 Å². The standard InChI is InChI=1S/C18H21BrClN3O2/c1-18(2,3)25-17(24)23-8-6-22(7-9-23)16-13-10-12(19)4-5-15(13)21-11-14(16)20/h4-5,10-11H,6-9H2,1-3H3. The molecule has 134 valence electrons. The molecule has 1 aromatic carbocycles. The van der Waals surface area contributed by atoms with Crippen LogP contribution in [0.25, 0.3) is 10.9 Å². The number of hydrogen-bond acceptors (Lipinski definition) is 4. The molecule has 3 rings (SSSR count). The van der Waals surface area contributed by atoms with Crippen molar-refractivity contribution in [3.8, 4) is 0 Å². The Kier molecular flexibility index (Phi) is 5.11. The third kappa shape index (κ3) is 4.18. The minimum atomic E-state index is -0.481. The third-order valence-electron chi connectivity index (χ3n) is 4.00. The Morgan fingerprint density at radius 1 is 1.24 bits per heavy atom. The number of rotatable bonds is 1. The van der Waals surface area contributed by atoms with Gasteiger partial charge in [-0.2, -0.15) is 0 Å². The largest absolute Gasteiger partial charge is 0.444 e. The fourth-order valence-electron chi connectivity index (χ4n) is 2.89. The number of pyridine rings is 1. The summed E-state index contributed by atoms with van der Waals surface area (Å²) in [5.41, 5.74) is 1.39. The van der Waals surface area contributed by atoms with Crippen LogP contribution in [-0.2, 0) is 4.74 Å². The Hall–Kier alpha value is -1.53. The van der Waals surface area contributed by atoms with Crippen molar-refractivity contribution >= 4 is 50.2 Å². The maximum Gasteiger partial charge on any atom is 0.410 e. The quantitative estimate of drug-likeness (QED) is 0.662. The Balaban J connectivity index is 1.80. The smallest absolute Gasteiger partial charge is 0.410 e. The van der Waals surface area contributed by atoms with Gasteiger partial charge in [0.25, 0.3) is 0 Å². The van der Waals surface area contributed by atoms with Crippen LogP contribution in [0.5, 0.6) is 0 Å². The second-order valence-corrected chi connectivity index (χ2v) is 8.39. The van der Waals surface area contributed by atoms with Crippen LogP contribution < -0.4 is 4.90 Å². The van der Waals surface area contributed by atoms with Crippen LogP contribution in [0.3, 0.4) is 0 Å². The Morgan fingerprint density at radius 3 is 2.56 bits per heavy atom. The van der Waals surface area contributed by atoms with Crippen molar-refractivity contribution in [1.29, 1.82) is 0 Å². The number of amides is 1. The molecule has 1 fully saturated rings. The van der Waals surface area contributed by atoms with Gasteiger partial charge in [-0.3, -0.25) is 4.98 Å². The third-order valence-corrected chi connectivity index (χ3v) is 4.77. The number of fused-ring (bicyclic) bond motifs is 1. The fourth-order valence-corrected chi connectivity index (χ4v) is 3.52. The molecular weight excluding hydrogens is 406 g/mol. The zero-order valence-electron chi connectivity index (χ0n) is 14.6. The molecule has 0 bridgehead atoms. The maximum absolute atomic E-state index is 12.2. The van der Waals surface area contributed by atoms with Gasteiger partial charge in [-0.05, 0) is 39.0 Å². The van der Waals surface area contributed by atoms with Gasteiger partial charge in [-0.1, -0.05) is 27.5 Å². The molecule has 0 N–H and O–H groups in total. The lowest BCUT2D eigenvalue weighted by molar-refractivity contribution is 0.0241. The summed E-state index contributed by atoms with van der Waals surface area (Å²) in [6, 6.07) is 5.97. The van der Waals surface area contributed by atoms with Gasteiger partial charge in [0, 0.05) is 42.2 Å². The Morgan fingerprint density at radius 2 is 1.92 bits per heavy atom. The number of hydrogen-bond donors (Lipinski definition) is 0. The molecular formula is C18H21BrClN3O2. The van der Waals surface area contributed by atoms with E-state index < -0.39 is 5.60 Å².